The Balaban J connectivity index is 1.49. The van der Waals surface area contributed by atoms with Gasteiger partial charge >= 0.3 is 0 Å². The zero-order valence-electron chi connectivity index (χ0n) is 13.6. The van der Waals surface area contributed by atoms with Crippen LogP contribution in [0.25, 0.3) is 0 Å². The second-order valence-electron chi connectivity index (χ2n) is 6.30. The monoisotopic (exact) mass is 348 g/mol. The lowest BCUT2D eigenvalue weighted by Gasteiger charge is -2.23. The molecule has 0 radical (unpaired) electrons. The van der Waals surface area contributed by atoms with E-state index in [1.165, 1.54) is 37.7 Å². The SMILES string of the molecule is C[C@@H](SC1=Nc2ccccc2CS1)C(=O)NCC1CCCCC1. The topological polar surface area (TPSA) is 41.5 Å². The number of rotatable bonds is 4. The van der Waals surface area contributed by atoms with Crippen molar-refractivity contribution >= 4 is 39.5 Å². The van der Waals surface area contributed by atoms with Gasteiger partial charge in [-0.05, 0) is 37.3 Å². The number of aliphatic imine (C=N–C) groups is 1. The fraction of sp³-hybridized carbons (Fsp3) is 0.556. The van der Waals surface area contributed by atoms with Gasteiger partial charge in [-0.2, -0.15) is 0 Å². The van der Waals surface area contributed by atoms with Crippen molar-refractivity contribution in [3.8, 4) is 0 Å². The quantitative estimate of drug-likeness (QED) is 0.854. The van der Waals surface area contributed by atoms with Crippen molar-refractivity contribution in [3.05, 3.63) is 29.8 Å². The van der Waals surface area contributed by atoms with E-state index in [-0.39, 0.29) is 11.2 Å². The number of benzene rings is 1. The molecule has 3 rings (SSSR count). The van der Waals surface area contributed by atoms with Crippen molar-refractivity contribution in [2.45, 2.75) is 50.0 Å². The minimum Gasteiger partial charge on any atom is -0.355 e. The van der Waals surface area contributed by atoms with Gasteiger partial charge in [-0.15, -0.1) is 0 Å². The molecule has 23 heavy (non-hydrogen) atoms. The van der Waals surface area contributed by atoms with Crippen LogP contribution in [0.5, 0.6) is 0 Å². The number of thioether (sulfide) groups is 2. The molecule has 1 amide bonds. The summed E-state index contributed by atoms with van der Waals surface area (Å²) in [7, 11) is 0. The Morgan fingerprint density at radius 3 is 2.96 bits per heavy atom. The molecule has 0 saturated heterocycles. The number of carbonyl (C=O) groups excluding carboxylic acids is 1. The largest absolute Gasteiger partial charge is 0.355 e. The van der Waals surface area contributed by atoms with Crippen LogP contribution >= 0.6 is 23.5 Å². The van der Waals surface area contributed by atoms with Gasteiger partial charge in [-0.1, -0.05) is 61.0 Å². The van der Waals surface area contributed by atoms with Gasteiger partial charge in [0.15, 0.2) is 0 Å². The second kappa shape index (κ2) is 8.25. The maximum atomic E-state index is 12.3. The highest BCUT2D eigenvalue weighted by molar-refractivity contribution is 8.39. The van der Waals surface area contributed by atoms with E-state index >= 15 is 0 Å². The van der Waals surface area contributed by atoms with Crippen molar-refractivity contribution in [2.24, 2.45) is 10.9 Å². The Bertz CT molecular complexity index is 582. The summed E-state index contributed by atoms with van der Waals surface area (Å²) < 4.78 is 1.00. The molecule has 1 saturated carbocycles. The van der Waals surface area contributed by atoms with Crippen LogP contribution in [-0.2, 0) is 10.5 Å². The summed E-state index contributed by atoms with van der Waals surface area (Å²) in [6, 6.07) is 8.23. The molecule has 3 nitrogen and oxygen atoms in total. The first-order valence-electron chi connectivity index (χ1n) is 8.46. The van der Waals surface area contributed by atoms with Crippen LogP contribution in [0.15, 0.2) is 29.3 Å². The predicted octanol–water partition coefficient (Wildman–Crippen LogP) is 4.74. The zero-order valence-corrected chi connectivity index (χ0v) is 15.2. The van der Waals surface area contributed by atoms with Crippen LogP contribution in [0.1, 0.15) is 44.6 Å². The average Bonchev–Trinajstić information content (AvgIpc) is 2.60. The van der Waals surface area contributed by atoms with E-state index in [1.54, 1.807) is 23.5 Å². The summed E-state index contributed by atoms with van der Waals surface area (Å²) in [4.78, 5) is 17.0. The molecule has 2 aliphatic rings. The van der Waals surface area contributed by atoms with Gasteiger partial charge < -0.3 is 5.32 Å². The van der Waals surface area contributed by atoms with Crippen LogP contribution in [0, 0.1) is 5.92 Å². The van der Waals surface area contributed by atoms with E-state index < -0.39 is 0 Å². The van der Waals surface area contributed by atoms with Crippen LogP contribution < -0.4 is 5.32 Å². The van der Waals surface area contributed by atoms with Gasteiger partial charge in [0.2, 0.25) is 5.91 Å². The molecule has 1 atom stereocenters. The Morgan fingerprint density at radius 2 is 2.13 bits per heavy atom. The molecule has 0 spiro atoms. The van der Waals surface area contributed by atoms with Gasteiger partial charge in [0.05, 0.1) is 10.9 Å². The molecular weight excluding hydrogens is 324 g/mol. The van der Waals surface area contributed by atoms with Crippen molar-refractivity contribution < 1.29 is 4.79 Å². The summed E-state index contributed by atoms with van der Waals surface area (Å²) in [6.45, 7) is 2.82. The normalized spacial score (nSPS) is 19.6. The molecule has 1 fully saturated rings. The number of nitrogens with one attached hydrogen (secondary N) is 1. The molecule has 1 heterocycles. The van der Waals surface area contributed by atoms with Gasteiger partial charge in [0.1, 0.15) is 4.38 Å². The fourth-order valence-corrected chi connectivity index (χ4v) is 5.27. The molecule has 1 aromatic rings. The lowest BCUT2D eigenvalue weighted by molar-refractivity contribution is -0.120. The molecule has 0 unspecified atom stereocenters. The van der Waals surface area contributed by atoms with E-state index in [0.29, 0.717) is 5.92 Å². The number of hydrogen-bond acceptors (Lipinski definition) is 4. The molecule has 1 aliphatic heterocycles. The van der Waals surface area contributed by atoms with E-state index in [0.717, 1.165) is 22.4 Å². The Kier molecular flexibility index (Phi) is 6.06. The third kappa shape index (κ3) is 4.77. The summed E-state index contributed by atoms with van der Waals surface area (Å²) >= 11 is 3.31. The van der Waals surface area contributed by atoms with E-state index in [9.17, 15) is 4.79 Å². The van der Waals surface area contributed by atoms with Crippen molar-refractivity contribution in [1.29, 1.82) is 0 Å². The fourth-order valence-electron chi connectivity index (χ4n) is 3.06. The van der Waals surface area contributed by atoms with E-state index in [4.69, 9.17) is 0 Å². The molecule has 1 aromatic carbocycles. The summed E-state index contributed by atoms with van der Waals surface area (Å²) in [6.07, 6.45) is 6.52. The first-order chi connectivity index (χ1) is 11.2. The van der Waals surface area contributed by atoms with Crippen LogP contribution in [0.4, 0.5) is 5.69 Å². The molecule has 0 bridgehead atoms. The first-order valence-corrected chi connectivity index (χ1v) is 10.3. The molecule has 5 heteroatoms. The van der Waals surface area contributed by atoms with Crippen molar-refractivity contribution in [2.75, 3.05) is 6.54 Å². The maximum Gasteiger partial charge on any atom is 0.233 e. The number of carbonyl (C=O) groups is 1. The molecular formula is C18H24N2OS2. The summed E-state index contributed by atoms with van der Waals surface area (Å²) in [5.41, 5.74) is 2.32. The summed E-state index contributed by atoms with van der Waals surface area (Å²) in [5, 5.41) is 3.05. The van der Waals surface area contributed by atoms with E-state index in [2.05, 4.69) is 16.4 Å². The van der Waals surface area contributed by atoms with Gasteiger partial charge in [-0.25, -0.2) is 4.99 Å². The molecule has 124 valence electrons. The molecule has 1 aliphatic carbocycles. The number of nitrogens with zero attached hydrogens (tertiary/aromatic N) is 1. The number of fused-ring (bicyclic) bond motifs is 1. The second-order valence-corrected chi connectivity index (χ2v) is 8.86. The number of para-hydroxylation sites is 1. The maximum absolute atomic E-state index is 12.3. The zero-order chi connectivity index (χ0) is 16.1. The third-order valence-corrected chi connectivity index (χ3v) is 6.79. The van der Waals surface area contributed by atoms with Crippen LogP contribution in [-0.4, -0.2) is 22.1 Å². The van der Waals surface area contributed by atoms with Gasteiger partial charge in [-0.3, -0.25) is 4.79 Å². The van der Waals surface area contributed by atoms with Crippen molar-refractivity contribution in [1.82, 2.24) is 5.32 Å². The molecule has 0 aromatic heterocycles. The minimum atomic E-state index is -0.0879. The average molecular weight is 349 g/mol. The minimum absolute atomic E-state index is 0.0879. The highest BCUT2D eigenvalue weighted by Crippen LogP contribution is 2.35. The number of amides is 1. The smallest absolute Gasteiger partial charge is 0.233 e. The van der Waals surface area contributed by atoms with Crippen LogP contribution in [0.3, 0.4) is 0 Å². The first kappa shape index (κ1) is 16.9. The third-order valence-electron chi connectivity index (χ3n) is 4.49. The van der Waals surface area contributed by atoms with E-state index in [1.807, 2.05) is 25.1 Å². The lowest BCUT2D eigenvalue weighted by Crippen LogP contribution is -2.35. The highest BCUT2D eigenvalue weighted by Gasteiger charge is 2.21. The Morgan fingerprint density at radius 1 is 1.35 bits per heavy atom. The number of hydrogen-bond donors (Lipinski definition) is 1. The predicted molar refractivity (Wildman–Crippen MR) is 101 cm³/mol. The van der Waals surface area contributed by atoms with Crippen molar-refractivity contribution in [3.63, 3.8) is 0 Å². The summed E-state index contributed by atoms with van der Waals surface area (Å²) in [5.74, 6) is 1.76. The van der Waals surface area contributed by atoms with Gasteiger partial charge in [0.25, 0.3) is 0 Å². The van der Waals surface area contributed by atoms with Crippen LogP contribution in [0.2, 0.25) is 0 Å². The highest BCUT2D eigenvalue weighted by atomic mass is 32.2. The Hall–Kier alpha value is -0.940. The lowest BCUT2D eigenvalue weighted by atomic mass is 9.89. The van der Waals surface area contributed by atoms with Gasteiger partial charge in [0, 0.05) is 12.3 Å². The Labute approximate surface area is 147 Å². The molecule has 1 N–H and O–H groups in total. The standard InChI is InChI=1S/C18H24N2OS2/c1-13(17(21)19-11-14-7-3-2-4-8-14)23-18-20-16-10-6-5-9-15(16)12-22-18/h5-6,9-10,13-14H,2-4,7-8,11-12H2,1H3,(H,19,21)/t13-/m1/s1.